The van der Waals surface area contributed by atoms with Crippen LogP contribution in [0.5, 0.6) is 0 Å². The van der Waals surface area contributed by atoms with Gasteiger partial charge < -0.3 is 4.42 Å². The predicted octanol–water partition coefficient (Wildman–Crippen LogP) is 14.4. The summed E-state index contributed by atoms with van der Waals surface area (Å²) < 4.78 is 6.88. The second-order valence-corrected chi connectivity index (χ2v) is 14.8. The molecule has 9 aromatic carbocycles. The van der Waals surface area contributed by atoms with Gasteiger partial charge in [-0.2, -0.15) is 0 Å². The van der Waals surface area contributed by atoms with Crippen molar-refractivity contribution in [2.45, 2.75) is 19.3 Å². The Balaban J connectivity index is 1.21. The maximum atomic E-state index is 6.88. The van der Waals surface area contributed by atoms with Crippen molar-refractivity contribution in [3.8, 4) is 44.5 Å². The molecule has 1 aromatic heterocycles. The number of hydrogen-bond donors (Lipinski definition) is 0. The van der Waals surface area contributed by atoms with E-state index in [1.807, 2.05) is 0 Å². The molecule has 0 aliphatic heterocycles. The molecule has 0 fully saturated rings. The minimum atomic E-state index is -0.204. The molecule has 0 bridgehead atoms. The normalized spacial score (nSPS) is 13.3. The zero-order valence-corrected chi connectivity index (χ0v) is 29.1. The molecule has 0 radical (unpaired) electrons. The summed E-state index contributed by atoms with van der Waals surface area (Å²) in [6.07, 6.45) is 0. The Bertz CT molecular complexity index is 3030. The number of hydrogen-bond acceptors (Lipinski definition) is 1. The van der Waals surface area contributed by atoms with E-state index >= 15 is 0 Å². The summed E-state index contributed by atoms with van der Waals surface area (Å²) in [6, 6.07) is 62.1. The van der Waals surface area contributed by atoms with Gasteiger partial charge in [-0.25, -0.2) is 0 Å². The van der Waals surface area contributed by atoms with Crippen LogP contribution in [0.25, 0.3) is 98.8 Å². The highest BCUT2D eigenvalue weighted by molar-refractivity contribution is 6.22. The second-order valence-electron chi connectivity index (χ2n) is 14.8. The smallest absolute Gasteiger partial charge is 0.143 e. The molecule has 0 atom stereocenters. The highest BCUT2D eigenvalue weighted by Crippen LogP contribution is 2.57. The van der Waals surface area contributed by atoms with Gasteiger partial charge in [-0.3, -0.25) is 0 Å². The van der Waals surface area contributed by atoms with Crippen LogP contribution in [-0.4, -0.2) is 0 Å². The maximum Gasteiger partial charge on any atom is 0.143 e. The van der Waals surface area contributed by atoms with Crippen molar-refractivity contribution in [1.29, 1.82) is 0 Å². The first-order valence-corrected chi connectivity index (χ1v) is 18.2. The van der Waals surface area contributed by atoms with Crippen LogP contribution in [-0.2, 0) is 5.41 Å². The van der Waals surface area contributed by atoms with Gasteiger partial charge in [0.2, 0.25) is 0 Å². The minimum Gasteiger partial charge on any atom is -0.455 e. The molecule has 1 aliphatic carbocycles. The summed E-state index contributed by atoms with van der Waals surface area (Å²) in [5.74, 6) is 0. The van der Waals surface area contributed by atoms with Crippen molar-refractivity contribution in [1.82, 2.24) is 0 Å². The van der Waals surface area contributed by atoms with Crippen LogP contribution < -0.4 is 0 Å². The Morgan fingerprint density at radius 1 is 0.404 bits per heavy atom. The van der Waals surface area contributed by atoms with Gasteiger partial charge in [0.25, 0.3) is 0 Å². The molecule has 52 heavy (non-hydrogen) atoms. The standard InChI is InChI=1S/C51H34O/c1-51(2)43-30-42(50-48(40-25-12-13-26-44(40)52-50)47(43)41-28-27-31-15-6-7-20-35(31)49(41)51)33-18-14-19-34(29-33)46-38-23-10-8-21-36(38)45(32-16-4-3-5-17-32)37-22-9-11-24-39(37)46/h3-30H,1-2H3. The van der Waals surface area contributed by atoms with Crippen molar-refractivity contribution >= 4 is 54.3 Å². The van der Waals surface area contributed by atoms with E-state index in [0.29, 0.717) is 0 Å². The first kappa shape index (κ1) is 29.3. The molecular weight excluding hydrogens is 629 g/mol. The van der Waals surface area contributed by atoms with Gasteiger partial charge in [0.1, 0.15) is 11.2 Å². The third-order valence-electron chi connectivity index (χ3n) is 11.6. The summed E-state index contributed by atoms with van der Waals surface area (Å²) in [5.41, 5.74) is 14.3. The Morgan fingerprint density at radius 2 is 0.962 bits per heavy atom. The van der Waals surface area contributed by atoms with Gasteiger partial charge in [-0.1, -0.05) is 166 Å². The van der Waals surface area contributed by atoms with Gasteiger partial charge >= 0.3 is 0 Å². The van der Waals surface area contributed by atoms with Crippen LogP contribution in [0.15, 0.2) is 174 Å². The Labute approximate surface area is 302 Å². The van der Waals surface area contributed by atoms with Gasteiger partial charge in [0.05, 0.1) is 0 Å². The van der Waals surface area contributed by atoms with E-state index in [0.717, 1.165) is 27.7 Å². The number of benzene rings is 9. The Kier molecular flexibility index (Phi) is 6.08. The second kappa shape index (κ2) is 10.8. The number of rotatable bonds is 3. The minimum absolute atomic E-state index is 0.204. The molecule has 1 heterocycles. The molecule has 0 saturated heterocycles. The third-order valence-corrected chi connectivity index (χ3v) is 11.6. The SMILES string of the molecule is CC1(C)c2cc(-c3cccc(-c4c5ccccc5c(-c5ccccc5)c5ccccc45)c3)c3oc4ccccc4c3c2-c2ccc3ccccc3c21. The largest absolute Gasteiger partial charge is 0.455 e. The van der Waals surface area contributed by atoms with Crippen LogP contribution in [0.2, 0.25) is 0 Å². The fourth-order valence-corrected chi connectivity index (χ4v) is 9.37. The van der Waals surface area contributed by atoms with Crippen molar-refractivity contribution < 1.29 is 4.42 Å². The monoisotopic (exact) mass is 662 g/mol. The van der Waals surface area contributed by atoms with E-state index in [-0.39, 0.29) is 5.41 Å². The summed E-state index contributed by atoms with van der Waals surface area (Å²) in [7, 11) is 0. The van der Waals surface area contributed by atoms with Crippen molar-refractivity contribution in [3.63, 3.8) is 0 Å². The third kappa shape index (κ3) is 3.99. The Hall–Kier alpha value is -6.44. The van der Waals surface area contributed by atoms with Crippen molar-refractivity contribution in [2.24, 2.45) is 0 Å². The lowest BCUT2D eigenvalue weighted by molar-refractivity contribution is 0.661. The zero-order chi connectivity index (χ0) is 34.6. The summed E-state index contributed by atoms with van der Waals surface area (Å²) in [4.78, 5) is 0. The average Bonchev–Trinajstić information content (AvgIpc) is 3.69. The van der Waals surface area contributed by atoms with Crippen LogP contribution in [0.3, 0.4) is 0 Å². The first-order valence-electron chi connectivity index (χ1n) is 18.2. The van der Waals surface area contributed by atoms with E-state index in [1.54, 1.807) is 0 Å². The lowest BCUT2D eigenvalue weighted by atomic mass is 9.79. The van der Waals surface area contributed by atoms with Crippen LogP contribution >= 0.6 is 0 Å². The van der Waals surface area contributed by atoms with E-state index in [9.17, 15) is 0 Å². The van der Waals surface area contributed by atoms with E-state index in [4.69, 9.17) is 4.42 Å². The number of para-hydroxylation sites is 1. The van der Waals surface area contributed by atoms with E-state index < -0.39 is 0 Å². The molecule has 11 rings (SSSR count). The quantitative estimate of drug-likeness (QED) is 0.172. The van der Waals surface area contributed by atoms with Crippen molar-refractivity contribution in [2.75, 3.05) is 0 Å². The van der Waals surface area contributed by atoms with Crippen LogP contribution in [0.4, 0.5) is 0 Å². The summed E-state index contributed by atoms with van der Waals surface area (Å²) in [5, 5.41) is 10.0. The topological polar surface area (TPSA) is 13.1 Å². The molecule has 0 N–H and O–H groups in total. The first-order chi connectivity index (χ1) is 25.6. The van der Waals surface area contributed by atoms with Crippen molar-refractivity contribution in [3.05, 3.63) is 181 Å². The molecule has 244 valence electrons. The molecule has 1 heteroatoms. The summed E-state index contributed by atoms with van der Waals surface area (Å²) >= 11 is 0. The van der Waals surface area contributed by atoms with Crippen LogP contribution in [0.1, 0.15) is 25.0 Å². The van der Waals surface area contributed by atoms with Gasteiger partial charge in [0.15, 0.2) is 0 Å². The summed E-state index contributed by atoms with van der Waals surface area (Å²) in [6.45, 7) is 4.79. The molecule has 0 unspecified atom stereocenters. The molecule has 10 aromatic rings. The number of furan rings is 1. The highest BCUT2D eigenvalue weighted by Gasteiger charge is 2.39. The predicted molar refractivity (Wildman–Crippen MR) is 220 cm³/mol. The molecule has 0 amide bonds. The molecule has 1 aliphatic rings. The maximum absolute atomic E-state index is 6.88. The molecule has 1 nitrogen and oxygen atoms in total. The lowest BCUT2D eigenvalue weighted by Gasteiger charge is -2.24. The fourth-order valence-electron chi connectivity index (χ4n) is 9.37. The van der Waals surface area contributed by atoms with E-state index in [1.165, 1.54) is 82.2 Å². The highest BCUT2D eigenvalue weighted by atomic mass is 16.3. The molecule has 0 spiro atoms. The van der Waals surface area contributed by atoms with E-state index in [2.05, 4.69) is 184 Å². The Morgan fingerprint density at radius 3 is 1.67 bits per heavy atom. The molecular formula is C51H34O. The van der Waals surface area contributed by atoms with Gasteiger partial charge in [-0.15, -0.1) is 0 Å². The number of fused-ring (bicyclic) bond motifs is 11. The van der Waals surface area contributed by atoms with Gasteiger partial charge in [-0.05, 0) is 101 Å². The molecule has 0 saturated carbocycles. The van der Waals surface area contributed by atoms with Gasteiger partial charge in [0, 0.05) is 21.8 Å². The average molecular weight is 663 g/mol. The lowest BCUT2D eigenvalue weighted by Crippen LogP contribution is -2.15. The van der Waals surface area contributed by atoms with Crippen LogP contribution in [0, 0.1) is 0 Å². The zero-order valence-electron chi connectivity index (χ0n) is 29.1. The fraction of sp³-hybridized carbons (Fsp3) is 0.0588.